The normalized spacial score (nSPS) is 25.1. The largest absolute Gasteiger partial charge is 0.387 e. The molecule has 16 heavy (non-hydrogen) atoms. The van der Waals surface area contributed by atoms with E-state index in [1.165, 1.54) is 50.3 Å². The molecule has 2 fully saturated rings. The average molecular weight is 241 g/mol. The Labute approximate surface area is 103 Å². The van der Waals surface area contributed by atoms with E-state index < -0.39 is 0 Å². The van der Waals surface area contributed by atoms with Gasteiger partial charge in [-0.3, -0.25) is 9.89 Å². The van der Waals surface area contributed by atoms with Crippen molar-refractivity contribution in [3.63, 3.8) is 0 Å². The molecule has 1 saturated heterocycles. The molecule has 3 nitrogen and oxygen atoms in total. The fourth-order valence-electron chi connectivity index (χ4n) is 2.50. The molecule has 0 aromatic heterocycles. The smallest absolute Gasteiger partial charge is 0.0968 e. The van der Waals surface area contributed by atoms with Crippen LogP contribution in [0.1, 0.15) is 25.7 Å². The van der Waals surface area contributed by atoms with Gasteiger partial charge in [-0.1, -0.05) is 12.8 Å². The van der Waals surface area contributed by atoms with Gasteiger partial charge in [-0.15, -0.1) is 0 Å². The zero-order chi connectivity index (χ0) is 11.2. The van der Waals surface area contributed by atoms with E-state index in [1.54, 1.807) is 0 Å². The van der Waals surface area contributed by atoms with Gasteiger partial charge in [0, 0.05) is 37.1 Å². The van der Waals surface area contributed by atoms with Crippen molar-refractivity contribution in [1.29, 1.82) is 0 Å². The quantitative estimate of drug-likeness (QED) is 0.600. The van der Waals surface area contributed by atoms with E-state index in [4.69, 9.17) is 5.73 Å². The Morgan fingerprint density at radius 2 is 1.94 bits per heavy atom. The van der Waals surface area contributed by atoms with Gasteiger partial charge in [-0.25, -0.2) is 0 Å². The Morgan fingerprint density at radius 1 is 1.25 bits per heavy atom. The van der Waals surface area contributed by atoms with E-state index in [2.05, 4.69) is 21.7 Å². The first-order valence-corrected chi connectivity index (χ1v) is 7.61. The summed E-state index contributed by atoms with van der Waals surface area (Å²) in [5, 5.41) is 0. The van der Waals surface area contributed by atoms with Gasteiger partial charge in [-0.2, -0.15) is 11.8 Å². The topological polar surface area (TPSA) is 41.6 Å². The van der Waals surface area contributed by atoms with Crippen LogP contribution in [0.2, 0.25) is 0 Å². The van der Waals surface area contributed by atoms with Gasteiger partial charge in [0.05, 0.1) is 12.4 Å². The molecule has 0 aromatic rings. The van der Waals surface area contributed by atoms with Gasteiger partial charge in [0.1, 0.15) is 0 Å². The lowest BCUT2D eigenvalue weighted by Crippen LogP contribution is -2.35. The maximum Gasteiger partial charge on any atom is 0.0968 e. The van der Waals surface area contributed by atoms with Gasteiger partial charge in [0.2, 0.25) is 0 Å². The van der Waals surface area contributed by atoms with Gasteiger partial charge in [0.25, 0.3) is 0 Å². The Kier molecular flexibility index (Phi) is 4.97. The molecule has 0 unspecified atom stereocenters. The maximum absolute atomic E-state index is 6.02. The SMILES string of the molecule is NC(=NCCN1CCSCC1)C1CCCC1. The first-order valence-electron chi connectivity index (χ1n) is 6.46. The molecule has 1 aliphatic heterocycles. The molecular formula is C12H23N3S. The first-order chi connectivity index (χ1) is 7.86. The molecule has 2 rings (SSSR count). The van der Waals surface area contributed by atoms with Crippen LogP contribution in [0.3, 0.4) is 0 Å². The Hall–Kier alpha value is -0.220. The molecule has 0 spiro atoms. The molecule has 2 aliphatic rings. The number of nitrogens with two attached hydrogens (primary N) is 1. The Bertz CT molecular complexity index is 230. The first kappa shape index (κ1) is 12.2. The van der Waals surface area contributed by atoms with Crippen LogP contribution < -0.4 is 5.73 Å². The predicted molar refractivity (Wildman–Crippen MR) is 72.2 cm³/mol. The van der Waals surface area contributed by atoms with Crippen molar-refractivity contribution in [2.75, 3.05) is 37.7 Å². The van der Waals surface area contributed by atoms with Crippen LogP contribution >= 0.6 is 11.8 Å². The van der Waals surface area contributed by atoms with E-state index in [1.807, 2.05) is 0 Å². The molecule has 0 aromatic carbocycles. The minimum atomic E-state index is 0.594. The van der Waals surface area contributed by atoms with Crippen molar-refractivity contribution >= 4 is 17.6 Å². The Morgan fingerprint density at radius 3 is 2.62 bits per heavy atom. The average Bonchev–Trinajstić information content (AvgIpc) is 2.84. The summed E-state index contributed by atoms with van der Waals surface area (Å²) in [6.07, 6.45) is 5.19. The van der Waals surface area contributed by atoms with E-state index >= 15 is 0 Å². The van der Waals surface area contributed by atoms with Crippen molar-refractivity contribution in [3.05, 3.63) is 0 Å². The molecule has 1 aliphatic carbocycles. The van der Waals surface area contributed by atoms with Crippen LogP contribution in [-0.4, -0.2) is 48.4 Å². The van der Waals surface area contributed by atoms with Crippen LogP contribution in [0.15, 0.2) is 4.99 Å². The third-order valence-corrected chi connectivity index (χ3v) is 4.53. The number of aliphatic imine (C=N–C) groups is 1. The fraction of sp³-hybridized carbons (Fsp3) is 0.917. The maximum atomic E-state index is 6.02. The number of hydrogen-bond acceptors (Lipinski definition) is 3. The highest BCUT2D eigenvalue weighted by atomic mass is 32.2. The number of amidine groups is 1. The third kappa shape index (κ3) is 3.67. The van der Waals surface area contributed by atoms with Crippen molar-refractivity contribution < 1.29 is 0 Å². The summed E-state index contributed by atoms with van der Waals surface area (Å²) in [7, 11) is 0. The van der Waals surface area contributed by atoms with Crippen molar-refractivity contribution in [2.24, 2.45) is 16.6 Å². The second-order valence-electron chi connectivity index (χ2n) is 4.74. The Balaban J connectivity index is 1.66. The molecule has 92 valence electrons. The van der Waals surface area contributed by atoms with Gasteiger partial charge < -0.3 is 5.73 Å². The van der Waals surface area contributed by atoms with E-state index in [0.717, 1.165) is 18.9 Å². The van der Waals surface area contributed by atoms with Gasteiger partial charge >= 0.3 is 0 Å². The second kappa shape index (κ2) is 6.50. The number of thioether (sulfide) groups is 1. The molecule has 2 N–H and O–H groups in total. The zero-order valence-corrected chi connectivity index (χ0v) is 10.8. The monoisotopic (exact) mass is 241 g/mol. The summed E-state index contributed by atoms with van der Waals surface area (Å²) < 4.78 is 0. The van der Waals surface area contributed by atoms with Crippen LogP contribution in [0.5, 0.6) is 0 Å². The fourth-order valence-corrected chi connectivity index (χ4v) is 3.47. The second-order valence-corrected chi connectivity index (χ2v) is 5.97. The number of hydrogen-bond donors (Lipinski definition) is 1. The summed E-state index contributed by atoms with van der Waals surface area (Å²) in [5.41, 5.74) is 6.02. The van der Waals surface area contributed by atoms with Crippen LogP contribution in [0, 0.1) is 5.92 Å². The summed E-state index contributed by atoms with van der Waals surface area (Å²) >= 11 is 2.06. The minimum absolute atomic E-state index is 0.594. The minimum Gasteiger partial charge on any atom is -0.387 e. The van der Waals surface area contributed by atoms with E-state index in [0.29, 0.717) is 5.92 Å². The van der Waals surface area contributed by atoms with Gasteiger partial charge in [0.15, 0.2) is 0 Å². The van der Waals surface area contributed by atoms with Crippen LogP contribution in [0.25, 0.3) is 0 Å². The van der Waals surface area contributed by atoms with Crippen molar-refractivity contribution in [1.82, 2.24) is 4.90 Å². The highest BCUT2D eigenvalue weighted by molar-refractivity contribution is 7.99. The zero-order valence-electron chi connectivity index (χ0n) is 10.0. The predicted octanol–water partition coefficient (Wildman–Crippen LogP) is 1.58. The van der Waals surface area contributed by atoms with E-state index in [9.17, 15) is 0 Å². The molecule has 4 heteroatoms. The standard InChI is InChI=1S/C12H23N3S/c13-12(11-3-1-2-4-11)14-5-6-15-7-9-16-10-8-15/h11H,1-10H2,(H2,13,14). The number of rotatable bonds is 4. The summed E-state index contributed by atoms with van der Waals surface area (Å²) in [4.78, 5) is 7.05. The highest BCUT2D eigenvalue weighted by Crippen LogP contribution is 2.24. The summed E-state index contributed by atoms with van der Waals surface area (Å²) in [6, 6.07) is 0. The van der Waals surface area contributed by atoms with Gasteiger partial charge in [-0.05, 0) is 12.8 Å². The molecule has 0 bridgehead atoms. The van der Waals surface area contributed by atoms with Crippen LogP contribution in [0.4, 0.5) is 0 Å². The highest BCUT2D eigenvalue weighted by Gasteiger charge is 2.18. The lowest BCUT2D eigenvalue weighted by molar-refractivity contribution is 0.311. The summed E-state index contributed by atoms with van der Waals surface area (Å²) in [5.74, 6) is 4.07. The van der Waals surface area contributed by atoms with Crippen molar-refractivity contribution in [2.45, 2.75) is 25.7 Å². The molecular weight excluding hydrogens is 218 g/mol. The third-order valence-electron chi connectivity index (χ3n) is 3.59. The van der Waals surface area contributed by atoms with E-state index in [-0.39, 0.29) is 0 Å². The molecule has 1 heterocycles. The molecule has 0 atom stereocenters. The van der Waals surface area contributed by atoms with Crippen LogP contribution in [-0.2, 0) is 0 Å². The lowest BCUT2D eigenvalue weighted by atomic mass is 10.1. The molecule has 1 saturated carbocycles. The molecule has 0 radical (unpaired) electrons. The van der Waals surface area contributed by atoms with Crippen molar-refractivity contribution in [3.8, 4) is 0 Å². The summed E-state index contributed by atoms with van der Waals surface area (Å²) in [6.45, 7) is 4.44. The number of nitrogens with zero attached hydrogens (tertiary/aromatic N) is 2. The molecule has 0 amide bonds. The lowest BCUT2D eigenvalue weighted by Gasteiger charge is -2.25.